The molecular formula is C38H30N. The van der Waals surface area contributed by atoms with Crippen LogP contribution in [0.25, 0.3) is 0 Å². The quantitative estimate of drug-likeness (QED) is 0.186. The molecule has 0 unspecified atom stereocenters. The van der Waals surface area contributed by atoms with E-state index in [4.69, 9.17) is 5.32 Å². The number of nitrogens with zero attached hydrogens (tertiary/aromatic N) is 1. The summed E-state index contributed by atoms with van der Waals surface area (Å²) >= 11 is 0. The Bertz CT molecular complexity index is 1260. The Balaban J connectivity index is 1.76. The van der Waals surface area contributed by atoms with Gasteiger partial charge >= 0.3 is 0 Å². The average Bonchev–Trinajstić information content (AvgIpc) is 3.04. The normalized spacial score (nSPS) is 11.7. The Labute approximate surface area is 231 Å². The zero-order chi connectivity index (χ0) is 26.4. The minimum atomic E-state index is -0.800. The first-order valence-corrected chi connectivity index (χ1v) is 13.4. The van der Waals surface area contributed by atoms with Crippen LogP contribution in [0.15, 0.2) is 182 Å². The van der Waals surface area contributed by atoms with Crippen LogP contribution in [-0.2, 0) is 11.1 Å². The van der Waals surface area contributed by atoms with Gasteiger partial charge in [-0.3, -0.25) is 0 Å². The van der Waals surface area contributed by atoms with E-state index in [0.29, 0.717) is 0 Å². The van der Waals surface area contributed by atoms with Crippen LogP contribution >= 0.6 is 0 Å². The molecule has 0 aliphatic carbocycles. The molecule has 1 nitrogen and oxygen atoms in total. The van der Waals surface area contributed by atoms with E-state index in [0.717, 1.165) is 33.4 Å². The van der Waals surface area contributed by atoms with E-state index in [9.17, 15) is 0 Å². The SMILES string of the molecule is c1ccc(C([N]C(c2ccccc2)(c2ccccc2)c2ccccc2)(c2ccccc2)c2ccccc2)cc1. The van der Waals surface area contributed by atoms with E-state index in [1.54, 1.807) is 0 Å². The van der Waals surface area contributed by atoms with Crippen molar-refractivity contribution in [1.82, 2.24) is 5.32 Å². The van der Waals surface area contributed by atoms with Crippen molar-refractivity contribution < 1.29 is 0 Å². The molecule has 0 N–H and O–H groups in total. The maximum Gasteiger partial charge on any atom is 0.112 e. The minimum Gasteiger partial charge on any atom is -0.200 e. The predicted octanol–water partition coefficient (Wildman–Crippen LogP) is 8.58. The fourth-order valence-electron chi connectivity index (χ4n) is 5.71. The number of hydrogen-bond acceptors (Lipinski definition) is 0. The van der Waals surface area contributed by atoms with Gasteiger partial charge in [0.15, 0.2) is 0 Å². The van der Waals surface area contributed by atoms with E-state index in [-0.39, 0.29) is 0 Å². The minimum absolute atomic E-state index is 0.800. The van der Waals surface area contributed by atoms with E-state index in [1.807, 2.05) is 0 Å². The molecule has 0 aliphatic rings. The predicted molar refractivity (Wildman–Crippen MR) is 161 cm³/mol. The highest BCUT2D eigenvalue weighted by Gasteiger charge is 2.48. The molecule has 0 saturated carbocycles. The highest BCUT2D eigenvalue weighted by molar-refractivity contribution is 5.56. The topological polar surface area (TPSA) is 14.1 Å². The first kappa shape index (κ1) is 24.6. The van der Waals surface area contributed by atoms with Gasteiger partial charge in [-0.05, 0) is 33.4 Å². The van der Waals surface area contributed by atoms with Gasteiger partial charge in [-0.1, -0.05) is 182 Å². The second-order valence-corrected chi connectivity index (χ2v) is 9.73. The lowest BCUT2D eigenvalue weighted by Crippen LogP contribution is -2.51. The van der Waals surface area contributed by atoms with Crippen LogP contribution in [0, 0.1) is 0 Å². The molecule has 0 amide bonds. The van der Waals surface area contributed by atoms with Crippen LogP contribution in [0.3, 0.4) is 0 Å². The molecule has 6 aromatic rings. The van der Waals surface area contributed by atoms with Gasteiger partial charge in [-0.15, -0.1) is 0 Å². The zero-order valence-electron chi connectivity index (χ0n) is 21.8. The van der Waals surface area contributed by atoms with Crippen LogP contribution in [0.4, 0.5) is 0 Å². The Morgan fingerprint density at radius 3 is 0.538 bits per heavy atom. The molecule has 1 heteroatoms. The summed E-state index contributed by atoms with van der Waals surface area (Å²) in [6.07, 6.45) is 0. The molecule has 1 radical (unpaired) electrons. The largest absolute Gasteiger partial charge is 0.200 e. The molecule has 0 aliphatic heterocycles. The molecule has 0 fully saturated rings. The Morgan fingerprint density at radius 1 is 0.231 bits per heavy atom. The summed E-state index contributed by atoms with van der Waals surface area (Å²) in [6, 6.07) is 64.2. The van der Waals surface area contributed by atoms with Gasteiger partial charge in [0.1, 0.15) is 11.1 Å². The Morgan fingerprint density at radius 2 is 0.385 bits per heavy atom. The molecule has 0 saturated heterocycles. The smallest absolute Gasteiger partial charge is 0.112 e. The van der Waals surface area contributed by atoms with Crippen LogP contribution in [0.1, 0.15) is 33.4 Å². The highest BCUT2D eigenvalue weighted by atomic mass is 15.1. The standard InChI is InChI=1S/C38H30N/c1-7-19-31(20-8-1)37(32-21-9-2-10-22-32,33-23-11-3-12-24-33)39-38(34-25-13-4-14-26-34,35-27-15-5-16-28-35)36-29-17-6-18-30-36/h1-30H. The summed E-state index contributed by atoms with van der Waals surface area (Å²) in [6.45, 7) is 0. The van der Waals surface area contributed by atoms with E-state index >= 15 is 0 Å². The molecular weight excluding hydrogens is 470 g/mol. The second kappa shape index (κ2) is 10.9. The molecule has 0 atom stereocenters. The zero-order valence-corrected chi connectivity index (χ0v) is 21.8. The van der Waals surface area contributed by atoms with Crippen molar-refractivity contribution >= 4 is 0 Å². The first-order valence-electron chi connectivity index (χ1n) is 13.4. The maximum atomic E-state index is 6.16. The van der Waals surface area contributed by atoms with Gasteiger partial charge < -0.3 is 0 Å². The Hall–Kier alpha value is -4.72. The third-order valence-corrected chi connectivity index (χ3v) is 7.48. The Kier molecular flexibility index (Phi) is 6.91. The summed E-state index contributed by atoms with van der Waals surface area (Å²) in [5.41, 5.74) is 5.12. The van der Waals surface area contributed by atoms with E-state index in [2.05, 4.69) is 182 Å². The molecule has 0 heterocycles. The number of rotatable bonds is 8. The molecule has 187 valence electrons. The lowest BCUT2D eigenvalue weighted by molar-refractivity contribution is 0.343. The third-order valence-electron chi connectivity index (χ3n) is 7.48. The molecule has 0 bridgehead atoms. The molecule has 0 spiro atoms. The number of benzene rings is 6. The second-order valence-electron chi connectivity index (χ2n) is 9.73. The maximum absolute atomic E-state index is 6.16. The molecule has 6 aromatic carbocycles. The van der Waals surface area contributed by atoms with Gasteiger partial charge in [-0.2, -0.15) is 5.32 Å². The molecule has 6 rings (SSSR count). The van der Waals surface area contributed by atoms with Gasteiger partial charge in [0.25, 0.3) is 0 Å². The average molecular weight is 501 g/mol. The summed E-state index contributed by atoms with van der Waals surface area (Å²) in [5.74, 6) is 0. The summed E-state index contributed by atoms with van der Waals surface area (Å²) in [4.78, 5) is 0. The molecule has 0 aromatic heterocycles. The van der Waals surface area contributed by atoms with Crippen molar-refractivity contribution in [2.24, 2.45) is 0 Å². The summed E-state index contributed by atoms with van der Waals surface area (Å²) in [7, 11) is 0. The summed E-state index contributed by atoms with van der Waals surface area (Å²) < 4.78 is 0. The highest BCUT2D eigenvalue weighted by Crippen LogP contribution is 2.47. The van der Waals surface area contributed by atoms with Gasteiger partial charge in [0.2, 0.25) is 0 Å². The van der Waals surface area contributed by atoms with Crippen LogP contribution in [0.2, 0.25) is 0 Å². The first-order chi connectivity index (χ1) is 19.3. The van der Waals surface area contributed by atoms with Crippen molar-refractivity contribution in [3.8, 4) is 0 Å². The lowest BCUT2D eigenvalue weighted by atomic mass is 9.70. The fourth-order valence-corrected chi connectivity index (χ4v) is 5.71. The lowest BCUT2D eigenvalue weighted by Gasteiger charge is -2.45. The third kappa shape index (κ3) is 4.48. The van der Waals surface area contributed by atoms with Crippen molar-refractivity contribution in [2.45, 2.75) is 11.1 Å². The van der Waals surface area contributed by atoms with Crippen LogP contribution in [0.5, 0.6) is 0 Å². The fraction of sp³-hybridized carbons (Fsp3) is 0.0526. The van der Waals surface area contributed by atoms with Gasteiger partial charge in [0, 0.05) is 0 Å². The van der Waals surface area contributed by atoms with Crippen molar-refractivity contribution in [2.75, 3.05) is 0 Å². The van der Waals surface area contributed by atoms with Crippen LogP contribution < -0.4 is 5.32 Å². The van der Waals surface area contributed by atoms with Crippen molar-refractivity contribution in [1.29, 1.82) is 0 Å². The number of hydrogen-bond donors (Lipinski definition) is 0. The van der Waals surface area contributed by atoms with Crippen LogP contribution in [-0.4, -0.2) is 0 Å². The van der Waals surface area contributed by atoms with Crippen molar-refractivity contribution in [3.63, 3.8) is 0 Å². The monoisotopic (exact) mass is 500 g/mol. The van der Waals surface area contributed by atoms with Crippen molar-refractivity contribution in [3.05, 3.63) is 215 Å². The van der Waals surface area contributed by atoms with Gasteiger partial charge in [-0.25, -0.2) is 0 Å². The molecule has 39 heavy (non-hydrogen) atoms. The van der Waals surface area contributed by atoms with Gasteiger partial charge in [0.05, 0.1) is 0 Å². The van der Waals surface area contributed by atoms with E-state index in [1.165, 1.54) is 0 Å². The van der Waals surface area contributed by atoms with E-state index < -0.39 is 11.1 Å². The summed E-state index contributed by atoms with van der Waals surface area (Å²) in [5, 5.41) is 6.16.